The maximum absolute atomic E-state index is 11.8. The minimum absolute atomic E-state index is 0.0593. The third-order valence-electron chi connectivity index (χ3n) is 3.40. The van der Waals surface area contributed by atoms with Crippen molar-refractivity contribution in [2.24, 2.45) is 5.92 Å². The minimum atomic E-state index is -1.03. The van der Waals surface area contributed by atoms with E-state index in [0.717, 1.165) is 35.3 Å². The number of aromatic carboxylic acids is 1. The lowest BCUT2D eigenvalue weighted by Crippen LogP contribution is -2.12. The highest BCUT2D eigenvalue weighted by Crippen LogP contribution is 2.35. The average molecular weight is 302 g/mol. The van der Waals surface area contributed by atoms with Crippen LogP contribution >= 0.6 is 11.3 Å². The number of nitrogens with one attached hydrogen (secondary N) is 1. The fourth-order valence-corrected chi connectivity index (χ4v) is 2.91. The van der Waals surface area contributed by atoms with Crippen LogP contribution in [0.5, 0.6) is 0 Å². The summed E-state index contributed by atoms with van der Waals surface area (Å²) in [5.74, 6) is -1.04. The monoisotopic (exact) mass is 302 g/mol. The molecule has 2 aromatic rings. The molecule has 0 aliphatic heterocycles. The van der Waals surface area contributed by atoms with Crippen LogP contribution in [-0.4, -0.2) is 22.0 Å². The van der Waals surface area contributed by atoms with E-state index in [1.54, 1.807) is 0 Å². The van der Waals surface area contributed by atoms with E-state index in [9.17, 15) is 14.7 Å². The van der Waals surface area contributed by atoms with Crippen molar-refractivity contribution < 1.29 is 14.7 Å². The standard InChI is InChI=1S/C15H14N2O3S/c1-8-4-2-3-5-10(8)11-12(14(19)20)21-15(16-11)17-13(18)9-6-7-9/h2-5,9H,6-7H2,1H3,(H,19,20)(H,16,17,18). The Bertz CT molecular complexity index is 719. The van der Waals surface area contributed by atoms with Crippen LogP contribution in [0.25, 0.3) is 11.3 Å². The summed E-state index contributed by atoms with van der Waals surface area (Å²) < 4.78 is 0. The number of aromatic nitrogens is 1. The molecule has 0 atom stereocenters. The zero-order valence-corrected chi connectivity index (χ0v) is 12.2. The van der Waals surface area contributed by atoms with Crippen LogP contribution < -0.4 is 5.32 Å². The SMILES string of the molecule is Cc1ccccc1-c1nc(NC(=O)C2CC2)sc1C(=O)O. The van der Waals surface area contributed by atoms with Crippen molar-refractivity contribution in [2.45, 2.75) is 19.8 Å². The molecule has 1 aliphatic rings. The van der Waals surface area contributed by atoms with Gasteiger partial charge < -0.3 is 10.4 Å². The van der Waals surface area contributed by atoms with Gasteiger partial charge in [0.2, 0.25) is 5.91 Å². The lowest BCUT2D eigenvalue weighted by Gasteiger charge is -2.03. The molecule has 1 aliphatic carbocycles. The maximum Gasteiger partial charge on any atom is 0.348 e. The summed E-state index contributed by atoms with van der Waals surface area (Å²) >= 11 is 1.00. The van der Waals surface area contributed by atoms with E-state index in [2.05, 4.69) is 10.3 Å². The Morgan fingerprint density at radius 2 is 2.05 bits per heavy atom. The van der Waals surface area contributed by atoms with Crippen LogP contribution in [0.3, 0.4) is 0 Å². The Labute approximate surface area is 125 Å². The van der Waals surface area contributed by atoms with Gasteiger partial charge in [0.05, 0.1) is 5.69 Å². The van der Waals surface area contributed by atoms with Crippen LogP contribution in [0.4, 0.5) is 5.13 Å². The topological polar surface area (TPSA) is 79.3 Å². The first-order valence-electron chi connectivity index (χ1n) is 6.67. The number of carbonyl (C=O) groups is 2. The quantitative estimate of drug-likeness (QED) is 0.909. The Balaban J connectivity index is 1.98. The number of benzene rings is 1. The summed E-state index contributed by atoms with van der Waals surface area (Å²) in [5, 5.41) is 12.4. The molecule has 1 aromatic heterocycles. The van der Waals surface area contributed by atoms with Crippen LogP contribution in [0, 0.1) is 12.8 Å². The van der Waals surface area contributed by atoms with Crippen molar-refractivity contribution in [3.63, 3.8) is 0 Å². The third kappa shape index (κ3) is 2.80. The van der Waals surface area contributed by atoms with Crippen molar-refractivity contribution in [3.8, 4) is 11.3 Å². The molecular formula is C15H14N2O3S. The molecule has 108 valence electrons. The van der Waals surface area contributed by atoms with Crippen molar-refractivity contribution in [2.75, 3.05) is 5.32 Å². The molecular weight excluding hydrogens is 288 g/mol. The van der Waals surface area contributed by atoms with Gasteiger partial charge >= 0.3 is 5.97 Å². The van der Waals surface area contributed by atoms with Crippen LogP contribution in [0.15, 0.2) is 24.3 Å². The molecule has 0 bridgehead atoms. The maximum atomic E-state index is 11.8. The fourth-order valence-electron chi connectivity index (χ4n) is 2.09. The zero-order valence-electron chi connectivity index (χ0n) is 11.4. The zero-order chi connectivity index (χ0) is 15.0. The predicted molar refractivity (Wildman–Crippen MR) is 80.6 cm³/mol. The average Bonchev–Trinajstić information content (AvgIpc) is 3.21. The van der Waals surface area contributed by atoms with Gasteiger partial charge in [-0.15, -0.1) is 0 Å². The summed E-state index contributed by atoms with van der Waals surface area (Å²) in [6, 6.07) is 7.48. The lowest BCUT2D eigenvalue weighted by atomic mass is 10.1. The second kappa shape index (κ2) is 5.29. The van der Waals surface area contributed by atoms with E-state index < -0.39 is 5.97 Å². The highest BCUT2D eigenvalue weighted by molar-refractivity contribution is 7.18. The molecule has 1 amide bonds. The van der Waals surface area contributed by atoms with Crippen molar-refractivity contribution >= 4 is 28.3 Å². The van der Waals surface area contributed by atoms with Gasteiger partial charge in [-0.2, -0.15) is 0 Å². The number of rotatable bonds is 4. The molecule has 0 spiro atoms. The molecule has 1 saturated carbocycles. The molecule has 0 radical (unpaired) electrons. The summed E-state index contributed by atoms with van der Waals surface area (Å²) in [5.41, 5.74) is 2.14. The lowest BCUT2D eigenvalue weighted by molar-refractivity contribution is -0.117. The number of hydrogen-bond donors (Lipinski definition) is 2. The fraction of sp³-hybridized carbons (Fsp3) is 0.267. The molecule has 1 aromatic carbocycles. The van der Waals surface area contributed by atoms with E-state index in [1.165, 1.54) is 0 Å². The number of hydrogen-bond acceptors (Lipinski definition) is 4. The second-order valence-electron chi connectivity index (χ2n) is 5.08. The molecule has 2 N–H and O–H groups in total. The highest BCUT2D eigenvalue weighted by atomic mass is 32.1. The molecule has 1 heterocycles. The van der Waals surface area contributed by atoms with Crippen molar-refractivity contribution in [1.29, 1.82) is 0 Å². The van der Waals surface area contributed by atoms with Crippen LogP contribution in [0.1, 0.15) is 28.1 Å². The van der Waals surface area contributed by atoms with Crippen LogP contribution in [-0.2, 0) is 4.79 Å². The largest absolute Gasteiger partial charge is 0.477 e. The normalized spacial score (nSPS) is 14.0. The van der Waals surface area contributed by atoms with Gasteiger partial charge in [-0.25, -0.2) is 9.78 Å². The first kappa shape index (κ1) is 13.8. The number of carboxylic acids is 1. The van der Waals surface area contributed by atoms with E-state index >= 15 is 0 Å². The van der Waals surface area contributed by atoms with Crippen molar-refractivity contribution in [1.82, 2.24) is 4.98 Å². The number of aryl methyl sites for hydroxylation is 1. The summed E-state index contributed by atoms with van der Waals surface area (Å²) in [7, 11) is 0. The summed E-state index contributed by atoms with van der Waals surface area (Å²) in [4.78, 5) is 27.7. The minimum Gasteiger partial charge on any atom is -0.477 e. The smallest absolute Gasteiger partial charge is 0.348 e. The van der Waals surface area contributed by atoms with E-state index in [0.29, 0.717) is 10.8 Å². The molecule has 1 fully saturated rings. The Hall–Kier alpha value is -2.21. The van der Waals surface area contributed by atoms with Gasteiger partial charge in [0, 0.05) is 11.5 Å². The van der Waals surface area contributed by atoms with Gasteiger partial charge in [-0.05, 0) is 25.3 Å². The summed E-state index contributed by atoms with van der Waals surface area (Å²) in [6.07, 6.45) is 1.79. The van der Waals surface area contributed by atoms with Gasteiger partial charge in [0.25, 0.3) is 0 Å². The Morgan fingerprint density at radius 3 is 2.67 bits per heavy atom. The second-order valence-corrected chi connectivity index (χ2v) is 6.08. The molecule has 0 unspecified atom stereocenters. The molecule has 0 saturated heterocycles. The summed E-state index contributed by atoms with van der Waals surface area (Å²) in [6.45, 7) is 1.91. The molecule has 6 heteroatoms. The number of thiazole rings is 1. The van der Waals surface area contributed by atoms with Gasteiger partial charge in [-0.3, -0.25) is 4.79 Å². The highest BCUT2D eigenvalue weighted by Gasteiger charge is 2.31. The molecule has 3 rings (SSSR count). The van der Waals surface area contributed by atoms with Gasteiger partial charge in [-0.1, -0.05) is 35.6 Å². The number of carbonyl (C=O) groups excluding carboxylic acids is 1. The van der Waals surface area contributed by atoms with E-state index in [-0.39, 0.29) is 16.7 Å². The first-order valence-corrected chi connectivity index (χ1v) is 7.49. The number of carboxylic acid groups (broad SMARTS) is 1. The third-order valence-corrected chi connectivity index (χ3v) is 4.36. The van der Waals surface area contributed by atoms with Gasteiger partial charge in [0.15, 0.2) is 5.13 Å². The van der Waals surface area contributed by atoms with E-state index in [1.807, 2.05) is 31.2 Å². The number of nitrogens with zero attached hydrogens (tertiary/aromatic N) is 1. The number of amides is 1. The molecule has 5 nitrogen and oxygen atoms in total. The van der Waals surface area contributed by atoms with Crippen molar-refractivity contribution in [3.05, 3.63) is 34.7 Å². The Kier molecular flexibility index (Phi) is 3.47. The van der Waals surface area contributed by atoms with Crippen LogP contribution in [0.2, 0.25) is 0 Å². The number of anilines is 1. The Morgan fingerprint density at radius 1 is 1.33 bits per heavy atom. The van der Waals surface area contributed by atoms with Gasteiger partial charge in [0.1, 0.15) is 4.88 Å². The van der Waals surface area contributed by atoms with E-state index in [4.69, 9.17) is 0 Å². The first-order chi connectivity index (χ1) is 10.1. The molecule has 21 heavy (non-hydrogen) atoms. The predicted octanol–water partition coefficient (Wildman–Crippen LogP) is 3.17.